The summed E-state index contributed by atoms with van der Waals surface area (Å²) in [6.07, 6.45) is 0. The first-order chi connectivity index (χ1) is 14.4. The number of benzene rings is 2. The van der Waals surface area contributed by atoms with Crippen LogP contribution in [0.25, 0.3) is 0 Å². The molecule has 0 aliphatic carbocycles. The van der Waals surface area contributed by atoms with E-state index in [0.29, 0.717) is 5.56 Å². The third-order valence-electron chi connectivity index (χ3n) is 4.71. The van der Waals surface area contributed by atoms with Crippen LogP contribution in [-0.2, 0) is 9.53 Å². The van der Waals surface area contributed by atoms with Crippen LogP contribution < -0.4 is 5.32 Å². The molecule has 1 heterocycles. The number of esters is 1. The van der Waals surface area contributed by atoms with Crippen LogP contribution in [-0.4, -0.2) is 24.3 Å². The monoisotopic (exact) mass is 421 g/mol. The number of carbonyl (C=O) groups excluding carboxylic acids is 3. The van der Waals surface area contributed by atoms with Crippen molar-refractivity contribution in [1.82, 2.24) is 5.32 Å². The molecular formula is C24H23NO4S. The van der Waals surface area contributed by atoms with Crippen molar-refractivity contribution in [1.29, 1.82) is 0 Å². The van der Waals surface area contributed by atoms with Crippen LogP contribution in [0.15, 0.2) is 60.0 Å². The fraction of sp³-hybridized carbons (Fsp3) is 0.208. The lowest BCUT2D eigenvalue weighted by Gasteiger charge is -2.13. The summed E-state index contributed by atoms with van der Waals surface area (Å²) in [6, 6.07) is 15.8. The van der Waals surface area contributed by atoms with Crippen molar-refractivity contribution in [2.75, 3.05) is 6.61 Å². The van der Waals surface area contributed by atoms with E-state index in [9.17, 15) is 14.4 Å². The highest BCUT2D eigenvalue weighted by molar-refractivity contribution is 7.10. The van der Waals surface area contributed by atoms with E-state index in [-0.39, 0.29) is 23.0 Å². The summed E-state index contributed by atoms with van der Waals surface area (Å²) in [4.78, 5) is 38.9. The Kier molecular flexibility index (Phi) is 6.79. The highest BCUT2D eigenvalue weighted by atomic mass is 32.1. The van der Waals surface area contributed by atoms with Crippen LogP contribution in [0, 0.1) is 13.8 Å². The molecule has 0 saturated heterocycles. The summed E-state index contributed by atoms with van der Waals surface area (Å²) in [5, 5.41) is 4.73. The van der Waals surface area contributed by atoms with Crippen molar-refractivity contribution in [3.8, 4) is 0 Å². The van der Waals surface area contributed by atoms with E-state index in [1.54, 1.807) is 24.3 Å². The summed E-state index contributed by atoms with van der Waals surface area (Å²) >= 11 is 1.54. The van der Waals surface area contributed by atoms with E-state index in [4.69, 9.17) is 4.74 Å². The molecule has 1 aromatic heterocycles. The van der Waals surface area contributed by atoms with Crippen LogP contribution in [0.1, 0.15) is 55.2 Å². The van der Waals surface area contributed by atoms with Crippen molar-refractivity contribution in [3.63, 3.8) is 0 Å². The smallest absolute Gasteiger partial charge is 0.339 e. The number of aryl methyl sites for hydroxylation is 2. The summed E-state index contributed by atoms with van der Waals surface area (Å²) in [7, 11) is 0. The molecule has 0 fully saturated rings. The van der Waals surface area contributed by atoms with Crippen molar-refractivity contribution in [2.24, 2.45) is 0 Å². The Hall–Kier alpha value is -3.25. The first kappa shape index (κ1) is 21.5. The lowest BCUT2D eigenvalue weighted by molar-refractivity contribution is -0.124. The van der Waals surface area contributed by atoms with E-state index in [2.05, 4.69) is 5.32 Å². The highest BCUT2D eigenvalue weighted by Gasteiger charge is 2.21. The zero-order valence-electron chi connectivity index (χ0n) is 17.1. The molecule has 0 saturated carbocycles. The largest absolute Gasteiger partial charge is 0.452 e. The minimum Gasteiger partial charge on any atom is -0.452 e. The molecule has 0 radical (unpaired) electrons. The summed E-state index contributed by atoms with van der Waals surface area (Å²) < 4.78 is 5.19. The van der Waals surface area contributed by atoms with Gasteiger partial charge in [-0.25, -0.2) is 4.79 Å². The van der Waals surface area contributed by atoms with Crippen LogP contribution in [0.2, 0.25) is 0 Å². The van der Waals surface area contributed by atoms with Gasteiger partial charge in [-0.3, -0.25) is 9.59 Å². The quantitative estimate of drug-likeness (QED) is 0.446. The predicted molar refractivity (Wildman–Crippen MR) is 117 cm³/mol. The Bertz CT molecular complexity index is 1070. The standard InChI is InChI=1S/C24H23NO4S/c1-15-10-11-16(2)20(13-15)23(27)18-7-4-5-8-19(18)24(28)29-14-22(26)25-17(3)21-9-6-12-30-21/h4-13,17H,14H2,1-3H3,(H,25,26)/t17-/m0/s1. The molecule has 0 unspecified atom stereocenters. The van der Waals surface area contributed by atoms with Crippen LogP contribution >= 0.6 is 11.3 Å². The Morgan fingerprint density at radius 3 is 2.40 bits per heavy atom. The first-order valence-electron chi connectivity index (χ1n) is 9.57. The Morgan fingerprint density at radius 2 is 1.70 bits per heavy atom. The molecule has 0 spiro atoms. The lowest BCUT2D eigenvalue weighted by Crippen LogP contribution is -2.31. The molecule has 3 rings (SSSR count). The van der Waals surface area contributed by atoms with Gasteiger partial charge in [-0.05, 0) is 49.9 Å². The van der Waals surface area contributed by atoms with E-state index >= 15 is 0 Å². The predicted octanol–water partition coefficient (Wildman–Crippen LogP) is 4.63. The van der Waals surface area contributed by atoms with Crippen molar-refractivity contribution in [3.05, 3.63) is 92.7 Å². The number of nitrogens with one attached hydrogen (secondary N) is 1. The minimum absolute atomic E-state index is 0.141. The molecule has 0 bridgehead atoms. The third kappa shape index (κ3) is 5.02. The fourth-order valence-corrected chi connectivity index (χ4v) is 3.82. The molecule has 2 aromatic carbocycles. The van der Waals surface area contributed by atoms with E-state index < -0.39 is 18.5 Å². The SMILES string of the molecule is Cc1ccc(C)c(C(=O)c2ccccc2C(=O)OCC(=O)N[C@@H](C)c2cccs2)c1. The second-order valence-electron chi connectivity index (χ2n) is 7.07. The van der Waals surface area contributed by atoms with E-state index in [1.807, 2.05) is 50.4 Å². The van der Waals surface area contributed by atoms with Gasteiger partial charge in [-0.1, -0.05) is 42.0 Å². The maximum atomic E-state index is 13.1. The van der Waals surface area contributed by atoms with Gasteiger partial charge in [0.1, 0.15) is 0 Å². The second kappa shape index (κ2) is 9.50. The summed E-state index contributed by atoms with van der Waals surface area (Å²) in [5.74, 6) is -1.36. The first-order valence-corrected chi connectivity index (χ1v) is 10.5. The van der Waals surface area contributed by atoms with Gasteiger partial charge in [0.2, 0.25) is 0 Å². The Labute approximate surface area is 179 Å². The van der Waals surface area contributed by atoms with Gasteiger partial charge in [0.25, 0.3) is 5.91 Å². The van der Waals surface area contributed by atoms with Crippen LogP contribution in [0.5, 0.6) is 0 Å². The number of hydrogen-bond acceptors (Lipinski definition) is 5. The van der Waals surface area contributed by atoms with Gasteiger partial charge in [-0.2, -0.15) is 0 Å². The number of amides is 1. The number of ketones is 1. The molecule has 5 nitrogen and oxygen atoms in total. The van der Waals surface area contributed by atoms with Gasteiger partial charge in [0.05, 0.1) is 11.6 Å². The molecule has 3 aromatic rings. The Morgan fingerprint density at radius 1 is 0.967 bits per heavy atom. The summed E-state index contributed by atoms with van der Waals surface area (Å²) in [6.45, 7) is 5.21. The fourth-order valence-electron chi connectivity index (χ4n) is 3.09. The molecule has 1 N–H and O–H groups in total. The topological polar surface area (TPSA) is 72.5 Å². The van der Waals surface area contributed by atoms with E-state index in [0.717, 1.165) is 16.0 Å². The average molecular weight is 422 g/mol. The number of thiophene rings is 1. The number of carbonyl (C=O) groups is 3. The maximum Gasteiger partial charge on any atom is 0.339 e. The van der Waals surface area contributed by atoms with Gasteiger partial charge in [0.15, 0.2) is 12.4 Å². The average Bonchev–Trinajstić information content (AvgIpc) is 3.28. The van der Waals surface area contributed by atoms with Gasteiger partial charge in [-0.15, -0.1) is 11.3 Å². The number of rotatable bonds is 7. The summed E-state index contributed by atoms with van der Waals surface area (Å²) in [5.41, 5.74) is 2.72. The number of ether oxygens (including phenoxy) is 1. The number of hydrogen-bond donors (Lipinski definition) is 1. The third-order valence-corrected chi connectivity index (χ3v) is 5.77. The van der Waals surface area contributed by atoms with E-state index in [1.165, 1.54) is 17.4 Å². The van der Waals surface area contributed by atoms with Crippen LogP contribution in [0.4, 0.5) is 0 Å². The van der Waals surface area contributed by atoms with Crippen molar-refractivity contribution < 1.29 is 19.1 Å². The van der Waals surface area contributed by atoms with Gasteiger partial charge < -0.3 is 10.1 Å². The molecule has 30 heavy (non-hydrogen) atoms. The van der Waals surface area contributed by atoms with Crippen LogP contribution in [0.3, 0.4) is 0 Å². The lowest BCUT2D eigenvalue weighted by atomic mass is 9.94. The molecule has 1 amide bonds. The van der Waals surface area contributed by atoms with Crippen molar-refractivity contribution >= 4 is 29.0 Å². The second-order valence-corrected chi connectivity index (χ2v) is 8.05. The molecule has 6 heteroatoms. The highest BCUT2D eigenvalue weighted by Crippen LogP contribution is 2.20. The van der Waals surface area contributed by atoms with Crippen molar-refractivity contribution in [2.45, 2.75) is 26.8 Å². The zero-order chi connectivity index (χ0) is 21.7. The zero-order valence-corrected chi connectivity index (χ0v) is 17.9. The molecule has 154 valence electrons. The molecule has 0 aliphatic heterocycles. The molecular weight excluding hydrogens is 398 g/mol. The maximum absolute atomic E-state index is 13.1. The Balaban J connectivity index is 1.70. The van der Waals surface area contributed by atoms with Gasteiger partial charge in [0, 0.05) is 16.0 Å². The molecule has 1 atom stereocenters. The normalized spacial score (nSPS) is 11.6. The van der Waals surface area contributed by atoms with Gasteiger partial charge >= 0.3 is 5.97 Å². The minimum atomic E-state index is -0.705. The molecule has 0 aliphatic rings.